The number of nitrogens with one attached hydrogen (secondary N) is 1. The highest BCUT2D eigenvalue weighted by Crippen LogP contribution is 2.35. The fraction of sp³-hybridized carbons (Fsp3) is 0.409. The minimum atomic E-state index is -0.150. The van der Waals surface area contributed by atoms with Crippen molar-refractivity contribution in [2.45, 2.75) is 12.8 Å². The van der Waals surface area contributed by atoms with Gasteiger partial charge in [-0.3, -0.25) is 4.79 Å². The topological polar surface area (TPSA) is 63.3 Å². The van der Waals surface area contributed by atoms with Crippen LogP contribution in [0.5, 0.6) is 11.5 Å². The summed E-state index contributed by atoms with van der Waals surface area (Å²) >= 11 is 0. The summed E-state index contributed by atoms with van der Waals surface area (Å²) in [4.78, 5) is 17.7. The molecule has 0 bridgehead atoms. The maximum atomic E-state index is 13.0. The average molecular weight is 395 g/mol. The third-order valence-electron chi connectivity index (χ3n) is 5.69. The van der Waals surface area contributed by atoms with Gasteiger partial charge in [0.05, 0.1) is 24.6 Å². The zero-order chi connectivity index (χ0) is 19.6. The van der Waals surface area contributed by atoms with Crippen molar-refractivity contribution in [3.05, 3.63) is 42.0 Å². The molecule has 0 aliphatic carbocycles. The Morgan fingerprint density at radius 1 is 0.862 bits per heavy atom. The van der Waals surface area contributed by atoms with Crippen LogP contribution >= 0.6 is 0 Å². The number of carbonyl (C=O) groups is 1. The number of morpholine rings is 1. The molecule has 0 saturated carbocycles. The van der Waals surface area contributed by atoms with Crippen LogP contribution < -0.4 is 24.6 Å². The highest BCUT2D eigenvalue weighted by molar-refractivity contribution is 6.06. The molecule has 3 aliphatic rings. The Balaban J connectivity index is 1.43. The predicted molar refractivity (Wildman–Crippen MR) is 111 cm³/mol. The molecular weight excluding hydrogens is 370 g/mol. The number of fused-ring (bicyclic) bond motifs is 1. The molecule has 2 aromatic carbocycles. The molecule has 5 rings (SSSR count). The zero-order valence-electron chi connectivity index (χ0n) is 16.4. The van der Waals surface area contributed by atoms with Gasteiger partial charge >= 0.3 is 0 Å². The fourth-order valence-corrected chi connectivity index (χ4v) is 4.11. The van der Waals surface area contributed by atoms with Crippen molar-refractivity contribution in [1.29, 1.82) is 0 Å². The molecule has 152 valence electrons. The number of amides is 1. The van der Waals surface area contributed by atoms with Crippen molar-refractivity contribution in [2.24, 2.45) is 0 Å². The molecule has 1 N–H and O–H groups in total. The second kappa shape index (κ2) is 7.83. The molecule has 3 heterocycles. The number of hydrogen-bond acceptors (Lipinski definition) is 6. The molecule has 29 heavy (non-hydrogen) atoms. The van der Waals surface area contributed by atoms with Gasteiger partial charge in [0.25, 0.3) is 5.91 Å². The first-order valence-corrected chi connectivity index (χ1v) is 10.2. The Hall–Kier alpha value is -2.93. The quantitative estimate of drug-likeness (QED) is 0.858. The van der Waals surface area contributed by atoms with Crippen molar-refractivity contribution in [1.82, 2.24) is 0 Å². The Bertz CT molecular complexity index is 905. The Labute approximate surface area is 170 Å². The van der Waals surface area contributed by atoms with Crippen molar-refractivity contribution < 1.29 is 19.0 Å². The van der Waals surface area contributed by atoms with E-state index < -0.39 is 0 Å². The van der Waals surface area contributed by atoms with Gasteiger partial charge in [-0.2, -0.15) is 0 Å². The summed E-state index contributed by atoms with van der Waals surface area (Å²) < 4.78 is 16.2. The standard InChI is InChI=1S/C22H25N3O4/c26-22(16-3-6-20-21(13-16)29-15-28-20)23-18-14-17(24-9-11-27-12-10-24)4-5-19(18)25-7-1-2-8-25/h3-6,13-14H,1-2,7-12,15H2,(H,23,26). The largest absolute Gasteiger partial charge is 0.454 e. The van der Waals surface area contributed by atoms with Gasteiger partial charge in [0, 0.05) is 37.4 Å². The molecule has 0 aromatic heterocycles. The van der Waals surface area contributed by atoms with Crippen molar-refractivity contribution >= 4 is 23.0 Å². The number of hydrogen-bond donors (Lipinski definition) is 1. The van der Waals surface area contributed by atoms with Crippen molar-refractivity contribution in [2.75, 3.05) is 61.3 Å². The summed E-state index contributed by atoms with van der Waals surface area (Å²) in [5, 5.41) is 3.14. The molecule has 7 heteroatoms. The van der Waals surface area contributed by atoms with E-state index in [1.54, 1.807) is 18.2 Å². The van der Waals surface area contributed by atoms with E-state index in [9.17, 15) is 4.79 Å². The van der Waals surface area contributed by atoms with Crippen molar-refractivity contribution in [3.63, 3.8) is 0 Å². The van der Waals surface area contributed by atoms with Crippen LogP contribution in [-0.4, -0.2) is 52.1 Å². The molecule has 2 aromatic rings. The fourth-order valence-electron chi connectivity index (χ4n) is 4.11. The summed E-state index contributed by atoms with van der Waals surface area (Å²) in [6.45, 7) is 5.41. The molecule has 1 amide bonds. The summed E-state index contributed by atoms with van der Waals surface area (Å²) in [5.74, 6) is 1.14. The van der Waals surface area contributed by atoms with Gasteiger partial charge < -0.3 is 29.3 Å². The number of carbonyl (C=O) groups excluding carboxylic acids is 1. The summed E-state index contributed by atoms with van der Waals surface area (Å²) in [6.07, 6.45) is 2.36. The molecule has 7 nitrogen and oxygen atoms in total. The Morgan fingerprint density at radius 3 is 2.48 bits per heavy atom. The highest BCUT2D eigenvalue weighted by atomic mass is 16.7. The molecule has 3 aliphatic heterocycles. The normalized spacial score (nSPS) is 18.2. The van der Waals surface area contributed by atoms with E-state index in [4.69, 9.17) is 14.2 Å². The van der Waals surface area contributed by atoms with Crippen LogP contribution in [0, 0.1) is 0 Å². The molecule has 0 atom stereocenters. The van der Waals surface area contributed by atoms with Gasteiger partial charge in [0.2, 0.25) is 6.79 Å². The molecule has 0 radical (unpaired) electrons. The van der Waals surface area contributed by atoms with Crippen LogP contribution in [0.1, 0.15) is 23.2 Å². The van der Waals surface area contributed by atoms with E-state index in [1.165, 1.54) is 12.8 Å². The third kappa shape index (κ3) is 3.70. The number of anilines is 3. The van der Waals surface area contributed by atoms with Crippen LogP contribution in [0.4, 0.5) is 17.1 Å². The predicted octanol–water partition coefficient (Wildman–Crippen LogP) is 3.10. The van der Waals surface area contributed by atoms with E-state index in [-0.39, 0.29) is 12.7 Å². The van der Waals surface area contributed by atoms with Gasteiger partial charge in [-0.05, 0) is 49.2 Å². The minimum absolute atomic E-state index is 0.150. The average Bonchev–Trinajstić information content (AvgIpc) is 3.46. The highest BCUT2D eigenvalue weighted by Gasteiger charge is 2.21. The minimum Gasteiger partial charge on any atom is -0.454 e. The van der Waals surface area contributed by atoms with Gasteiger partial charge in [-0.15, -0.1) is 0 Å². The first-order valence-electron chi connectivity index (χ1n) is 10.2. The first kappa shape index (κ1) is 18.1. The number of nitrogens with zero attached hydrogens (tertiary/aromatic N) is 2. The lowest BCUT2D eigenvalue weighted by atomic mass is 10.1. The Kier molecular flexibility index (Phi) is 4.89. The van der Waals surface area contributed by atoms with E-state index >= 15 is 0 Å². The first-order chi connectivity index (χ1) is 14.3. The zero-order valence-corrected chi connectivity index (χ0v) is 16.4. The third-order valence-corrected chi connectivity index (χ3v) is 5.69. The number of rotatable bonds is 4. The van der Waals surface area contributed by atoms with Crippen LogP contribution in [0.15, 0.2) is 36.4 Å². The second-order valence-corrected chi connectivity index (χ2v) is 7.52. The van der Waals surface area contributed by atoms with Gasteiger partial charge in [-0.1, -0.05) is 0 Å². The maximum absolute atomic E-state index is 13.0. The molecular formula is C22H25N3O4. The lowest BCUT2D eigenvalue weighted by Crippen LogP contribution is -2.36. The smallest absolute Gasteiger partial charge is 0.255 e. The lowest BCUT2D eigenvalue weighted by molar-refractivity contribution is 0.102. The van der Waals surface area contributed by atoms with Gasteiger partial charge in [0.15, 0.2) is 11.5 Å². The van der Waals surface area contributed by atoms with Crippen LogP contribution in [0.2, 0.25) is 0 Å². The Morgan fingerprint density at radius 2 is 1.66 bits per heavy atom. The van der Waals surface area contributed by atoms with Gasteiger partial charge in [0.1, 0.15) is 0 Å². The van der Waals surface area contributed by atoms with Crippen LogP contribution in [0.25, 0.3) is 0 Å². The second-order valence-electron chi connectivity index (χ2n) is 7.52. The van der Waals surface area contributed by atoms with E-state index in [0.29, 0.717) is 17.1 Å². The van der Waals surface area contributed by atoms with E-state index in [1.807, 2.05) is 0 Å². The SMILES string of the molecule is O=C(Nc1cc(N2CCOCC2)ccc1N1CCCC1)c1ccc2c(c1)OCO2. The van der Waals surface area contributed by atoms with E-state index in [2.05, 4.69) is 33.3 Å². The van der Waals surface area contributed by atoms with Crippen LogP contribution in [0.3, 0.4) is 0 Å². The number of ether oxygens (including phenoxy) is 3. The van der Waals surface area contributed by atoms with Crippen molar-refractivity contribution in [3.8, 4) is 11.5 Å². The summed E-state index contributed by atoms with van der Waals surface area (Å²) in [6, 6.07) is 11.6. The van der Waals surface area contributed by atoms with Crippen LogP contribution in [-0.2, 0) is 4.74 Å². The molecule has 0 unspecified atom stereocenters. The molecule has 2 fully saturated rings. The maximum Gasteiger partial charge on any atom is 0.255 e. The summed E-state index contributed by atoms with van der Waals surface area (Å²) in [5.41, 5.74) is 3.59. The lowest BCUT2D eigenvalue weighted by Gasteiger charge is -2.30. The molecule has 0 spiro atoms. The van der Waals surface area contributed by atoms with Gasteiger partial charge in [-0.25, -0.2) is 0 Å². The summed E-state index contributed by atoms with van der Waals surface area (Å²) in [7, 11) is 0. The number of benzene rings is 2. The monoisotopic (exact) mass is 395 g/mol. The van der Waals surface area contributed by atoms with E-state index in [0.717, 1.165) is 56.5 Å². The molecule has 2 saturated heterocycles.